The van der Waals surface area contributed by atoms with Crippen molar-refractivity contribution in [1.82, 2.24) is 14.2 Å². The largest absolute Gasteiger partial charge is 0.316 e. The van der Waals surface area contributed by atoms with Crippen molar-refractivity contribution < 1.29 is 0 Å². The first-order chi connectivity index (χ1) is 16.8. The first-order valence-corrected chi connectivity index (χ1v) is 13.3. The first-order valence-electron chi connectivity index (χ1n) is 11.7. The van der Waals surface area contributed by atoms with E-state index in [1.54, 1.807) is 12.3 Å². The molecule has 1 fully saturated rings. The van der Waals surface area contributed by atoms with Gasteiger partial charge in [0.15, 0.2) is 0 Å². The Morgan fingerprint density at radius 2 is 1.83 bits per heavy atom. The van der Waals surface area contributed by atoms with Gasteiger partial charge in [-0.2, -0.15) is 9.78 Å². The fourth-order valence-electron chi connectivity index (χ4n) is 4.97. The molecule has 5 rings (SSSR count). The zero-order chi connectivity index (χ0) is 24.7. The summed E-state index contributed by atoms with van der Waals surface area (Å²) in [6.45, 7) is 4.03. The maximum atomic E-state index is 13.6. The number of benzene rings is 2. The molecule has 1 aliphatic carbocycles. The molecule has 1 saturated carbocycles. The Balaban J connectivity index is 1.62. The van der Waals surface area contributed by atoms with Crippen molar-refractivity contribution in [3.8, 4) is 5.69 Å². The number of halogens is 3. The van der Waals surface area contributed by atoms with Gasteiger partial charge >= 0.3 is 0 Å². The zero-order valence-electron chi connectivity index (χ0n) is 19.6. The number of fused-ring (bicyclic) bond motifs is 1. The van der Waals surface area contributed by atoms with Crippen LogP contribution in [0, 0.1) is 13.8 Å². The Bertz CT molecular complexity index is 1520. The summed E-state index contributed by atoms with van der Waals surface area (Å²) < 4.78 is 4.42. The number of aromatic nitrogens is 3. The fraction of sp³-hybridized carbons (Fsp3) is 0.296. The Hall–Kier alpha value is -2.41. The lowest BCUT2D eigenvalue weighted by Crippen LogP contribution is -2.25. The quantitative estimate of drug-likeness (QED) is 0.235. The van der Waals surface area contributed by atoms with Crippen LogP contribution in [0.2, 0.25) is 10.0 Å². The van der Waals surface area contributed by atoms with E-state index in [4.69, 9.17) is 33.3 Å². The average molecular weight is 572 g/mol. The summed E-state index contributed by atoms with van der Waals surface area (Å²) in [7, 11) is 0. The zero-order valence-corrected chi connectivity index (χ0v) is 22.7. The van der Waals surface area contributed by atoms with Gasteiger partial charge in [-0.05, 0) is 69.2 Å². The molecule has 2 aromatic heterocycles. The average Bonchev–Trinajstić information content (AvgIpc) is 3.12. The molecule has 0 atom stereocenters. The molecular formula is C27H25BrCl2N4O. The van der Waals surface area contributed by atoms with Gasteiger partial charge in [0.05, 0.1) is 27.8 Å². The van der Waals surface area contributed by atoms with Crippen LogP contribution in [0.1, 0.15) is 60.8 Å². The molecule has 0 amide bonds. The molecule has 1 aliphatic rings. The van der Waals surface area contributed by atoms with Gasteiger partial charge in [0.2, 0.25) is 0 Å². The van der Waals surface area contributed by atoms with Crippen molar-refractivity contribution >= 4 is 56.2 Å². The van der Waals surface area contributed by atoms with Crippen LogP contribution in [0.25, 0.3) is 16.6 Å². The normalized spacial score (nSPS) is 14.9. The van der Waals surface area contributed by atoms with Crippen LogP contribution < -0.4 is 5.56 Å². The summed E-state index contributed by atoms with van der Waals surface area (Å²) in [5.74, 6) is 0.970. The highest BCUT2D eigenvalue weighted by molar-refractivity contribution is 9.10. The van der Waals surface area contributed by atoms with Crippen LogP contribution in [0.3, 0.4) is 0 Å². The van der Waals surface area contributed by atoms with Crippen molar-refractivity contribution in [1.29, 1.82) is 0 Å². The van der Waals surface area contributed by atoms with Crippen LogP contribution in [0.4, 0.5) is 0 Å². The van der Waals surface area contributed by atoms with Gasteiger partial charge in [-0.25, -0.2) is 4.98 Å². The summed E-state index contributed by atoms with van der Waals surface area (Å²) in [6, 6.07) is 13.1. The van der Waals surface area contributed by atoms with Crippen LogP contribution in [0.5, 0.6) is 0 Å². The highest BCUT2D eigenvalue weighted by atomic mass is 79.9. The summed E-state index contributed by atoms with van der Waals surface area (Å²) in [5, 5.41) is 6.42. The van der Waals surface area contributed by atoms with Gasteiger partial charge in [0, 0.05) is 32.4 Å². The van der Waals surface area contributed by atoms with Crippen LogP contribution in [0.15, 0.2) is 56.8 Å². The third-order valence-corrected chi connectivity index (χ3v) is 7.77. The number of hydrogen-bond acceptors (Lipinski definition) is 3. The van der Waals surface area contributed by atoms with E-state index in [1.807, 2.05) is 50.2 Å². The van der Waals surface area contributed by atoms with Gasteiger partial charge in [-0.1, -0.05) is 58.4 Å². The Labute approximate surface area is 222 Å². The van der Waals surface area contributed by atoms with Crippen molar-refractivity contribution in [2.45, 2.75) is 51.9 Å². The molecule has 35 heavy (non-hydrogen) atoms. The molecule has 0 N–H and O–H groups in total. The van der Waals surface area contributed by atoms with E-state index >= 15 is 0 Å². The summed E-state index contributed by atoms with van der Waals surface area (Å²) in [6.07, 6.45) is 7.31. The van der Waals surface area contributed by atoms with E-state index in [-0.39, 0.29) is 11.5 Å². The lowest BCUT2D eigenvalue weighted by molar-refractivity contribution is 0.416. The number of nitrogens with zero attached hydrogens (tertiary/aromatic N) is 4. The SMILES string of the molecule is Cc1cc(C=Nn2c(C3CCCCC3)nc3ccc(Br)cc3c2=O)c(C)n1-c1ccc(Cl)cc1Cl. The van der Waals surface area contributed by atoms with E-state index < -0.39 is 0 Å². The van der Waals surface area contributed by atoms with E-state index in [0.29, 0.717) is 20.9 Å². The Morgan fingerprint density at radius 3 is 2.57 bits per heavy atom. The second-order valence-electron chi connectivity index (χ2n) is 9.09. The van der Waals surface area contributed by atoms with E-state index in [0.717, 1.165) is 58.6 Å². The lowest BCUT2D eigenvalue weighted by Gasteiger charge is -2.22. The number of rotatable bonds is 4. The maximum Gasteiger partial charge on any atom is 0.282 e. The second kappa shape index (κ2) is 9.92. The third-order valence-electron chi connectivity index (χ3n) is 6.74. The molecule has 2 heterocycles. The summed E-state index contributed by atoms with van der Waals surface area (Å²) in [4.78, 5) is 18.5. The predicted molar refractivity (Wildman–Crippen MR) is 148 cm³/mol. The molecule has 0 unspecified atom stereocenters. The highest BCUT2D eigenvalue weighted by Gasteiger charge is 2.23. The monoisotopic (exact) mass is 570 g/mol. The van der Waals surface area contributed by atoms with Gasteiger partial charge in [0.1, 0.15) is 5.82 Å². The molecule has 0 saturated heterocycles. The molecule has 5 nitrogen and oxygen atoms in total. The van der Waals surface area contributed by atoms with Crippen molar-refractivity contribution in [2.24, 2.45) is 5.10 Å². The maximum absolute atomic E-state index is 13.6. The Kier molecular flexibility index (Phi) is 6.88. The Morgan fingerprint density at radius 1 is 1.06 bits per heavy atom. The van der Waals surface area contributed by atoms with Crippen LogP contribution in [-0.2, 0) is 0 Å². The standard InChI is InChI=1S/C27H25BrCl2N4O/c1-16-12-19(17(2)33(16)25-11-9-21(29)14-23(25)30)15-31-34-26(18-6-4-3-5-7-18)32-24-10-8-20(28)13-22(24)27(34)35/h8-15,18H,3-7H2,1-2H3. The topological polar surface area (TPSA) is 52.2 Å². The molecular weight excluding hydrogens is 547 g/mol. The molecule has 0 radical (unpaired) electrons. The molecule has 0 spiro atoms. The minimum atomic E-state index is -0.150. The molecule has 4 aromatic rings. The van der Waals surface area contributed by atoms with E-state index in [1.165, 1.54) is 11.1 Å². The van der Waals surface area contributed by atoms with Crippen molar-refractivity contribution in [3.05, 3.63) is 90.1 Å². The van der Waals surface area contributed by atoms with Crippen molar-refractivity contribution in [3.63, 3.8) is 0 Å². The third kappa shape index (κ3) is 4.72. The van der Waals surface area contributed by atoms with Gasteiger partial charge in [-0.3, -0.25) is 4.79 Å². The molecule has 0 aliphatic heterocycles. The molecule has 0 bridgehead atoms. The van der Waals surface area contributed by atoms with Gasteiger partial charge < -0.3 is 4.57 Å². The van der Waals surface area contributed by atoms with Gasteiger partial charge in [0.25, 0.3) is 5.56 Å². The number of hydrogen-bond donors (Lipinski definition) is 0. The minimum Gasteiger partial charge on any atom is -0.316 e. The minimum absolute atomic E-state index is 0.150. The van der Waals surface area contributed by atoms with E-state index in [9.17, 15) is 4.79 Å². The smallest absolute Gasteiger partial charge is 0.282 e. The predicted octanol–water partition coefficient (Wildman–Crippen LogP) is 7.80. The van der Waals surface area contributed by atoms with Crippen molar-refractivity contribution in [2.75, 3.05) is 0 Å². The highest BCUT2D eigenvalue weighted by Crippen LogP contribution is 2.32. The van der Waals surface area contributed by atoms with Crippen LogP contribution in [-0.4, -0.2) is 20.4 Å². The molecule has 180 valence electrons. The fourth-order valence-corrected chi connectivity index (χ4v) is 5.83. The number of aryl methyl sites for hydroxylation is 1. The van der Waals surface area contributed by atoms with E-state index in [2.05, 4.69) is 20.5 Å². The molecule has 8 heteroatoms. The molecule has 2 aromatic carbocycles. The second-order valence-corrected chi connectivity index (χ2v) is 10.8. The van der Waals surface area contributed by atoms with Crippen LogP contribution >= 0.6 is 39.1 Å². The summed E-state index contributed by atoms with van der Waals surface area (Å²) in [5.41, 5.74) is 4.30. The summed E-state index contributed by atoms with van der Waals surface area (Å²) >= 11 is 16.1. The first kappa shape index (κ1) is 24.3. The van der Waals surface area contributed by atoms with Gasteiger partial charge in [-0.15, -0.1) is 0 Å². The lowest BCUT2D eigenvalue weighted by atomic mass is 9.88.